The Morgan fingerprint density at radius 1 is 1.22 bits per heavy atom. The SMILES string of the molecule is C[Si]1(C)CCCNCCN1CC1CC2C=CC1C2. The van der Waals surface area contributed by atoms with Crippen LogP contribution in [0.2, 0.25) is 19.1 Å². The van der Waals surface area contributed by atoms with Gasteiger partial charge in [-0.3, -0.25) is 0 Å². The minimum atomic E-state index is -1.13. The lowest BCUT2D eigenvalue weighted by Gasteiger charge is -2.41. The van der Waals surface area contributed by atoms with Crippen molar-refractivity contribution in [3.05, 3.63) is 12.2 Å². The van der Waals surface area contributed by atoms with Gasteiger partial charge in [0.1, 0.15) is 8.24 Å². The van der Waals surface area contributed by atoms with E-state index in [1.165, 1.54) is 51.5 Å². The zero-order valence-corrected chi connectivity index (χ0v) is 13.0. The molecule has 102 valence electrons. The fourth-order valence-corrected chi connectivity index (χ4v) is 6.98. The number of nitrogens with one attached hydrogen (secondary N) is 1. The van der Waals surface area contributed by atoms with Gasteiger partial charge in [-0.1, -0.05) is 25.2 Å². The van der Waals surface area contributed by atoms with Crippen LogP contribution in [0.5, 0.6) is 0 Å². The van der Waals surface area contributed by atoms with Crippen LogP contribution < -0.4 is 5.32 Å². The van der Waals surface area contributed by atoms with E-state index >= 15 is 0 Å². The lowest BCUT2D eigenvalue weighted by atomic mass is 9.94. The highest BCUT2D eigenvalue weighted by atomic mass is 28.3. The maximum atomic E-state index is 3.58. The Bertz CT molecular complexity index is 326. The molecule has 0 aromatic rings. The van der Waals surface area contributed by atoms with Crippen molar-refractivity contribution in [1.82, 2.24) is 9.88 Å². The van der Waals surface area contributed by atoms with Gasteiger partial charge in [-0.15, -0.1) is 0 Å². The Morgan fingerprint density at radius 3 is 2.83 bits per heavy atom. The second-order valence-electron chi connectivity index (χ2n) is 7.15. The first-order chi connectivity index (χ1) is 8.65. The fraction of sp³-hybridized carbons (Fsp3) is 0.867. The highest BCUT2D eigenvalue weighted by Gasteiger charge is 2.39. The lowest BCUT2D eigenvalue weighted by Crippen LogP contribution is -2.54. The van der Waals surface area contributed by atoms with E-state index < -0.39 is 8.24 Å². The van der Waals surface area contributed by atoms with Crippen LogP contribution in [0.15, 0.2) is 12.2 Å². The van der Waals surface area contributed by atoms with E-state index in [0.29, 0.717) is 0 Å². The van der Waals surface area contributed by atoms with E-state index in [1.54, 1.807) is 0 Å². The Balaban J connectivity index is 1.63. The molecule has 0 spiro atoms. The summed E-state index contributed by atoms with van der Waals surface area (Å²) in [6, 6.07) is 1.47. The largest absolute Gasteiger partial charge is 0.322 e. The molecule has 1 heterocycles. The summed E-state index contributed by atoms with van der Waals surface area (Å²) in [7, 11) is -1.13. The van der Waals surface area contributed by atoms with Crippen LogP contribution in [0.3, 0.4) is 0 Å². The molecule has 3 aliphatic rings. The van der Waals surface area contributed by atoms with Gasteiger partial charge in [0.05, 0.1) is 0 Å². The normalized spacial score (nSPS) is 39.8. The van der Waals surface area contributed by atoms with Crippen molar-refractivity contribution >= 4 is 8.24 Å². The van der Waals surface area contributed by atoms with Gasteiger partial charge in [0.15, 0.2) is 0 Å². The molecule has 18 heavy (non-hydrogen) atoms. The Morgan fingerprint density at radius 2 is 2.11 bits per heavy atom. The first-order valence-corrected chi connectivity index (χ1v) is 10.9. The predicted octanol–water partition coefficient (Wildman–Crippen LogP) is 2.70. The molecule has 2 nitrogen and oxygen atoms in total. The second kappa shape index (κ2) is 5.10. The van der Waals surface area contributed by atoms with E-state index in [-0.39, 0.29) is 0 Å². The summed E-state index contributed by atoms with van der Waals surface area (Å²) in [6.45, 7) is 10.3. The molecule has 3 unspecified atom stereocenters. The molecule has 3 rings (SSSR count). The van der Waals surface area contributed by atoms with Crippen molar-refractivity contribution in [3.63, 3.8) is 0 Å². The molecular weight excluding hydrogens is 236 g/mol. The maximum Gasteiger partial charge on any atom is 0.122 e. The fourth-order valence-electron chi connectivity index (χ4n) is 4.17. The monoisotopic (exact) mass is 264 g/mol. The second-order valence-corrected chi connectivity index (χ2v) is 11.9. The first-order valence-electron chi connectivity index (χ1n) is 7.79. The molecule has 3 heteroatoms. The molecule has 2 aliphatic carbocycles. The first kappa shape index (κ1) is 12.9. The maximum absolute atomic E-state index is 3.58. The summed E-state index contributed by atoms with van der Waals surface area (Å²) in [5, 5.41) is 3.58. The lowest BCUT2D eigenvalue weighted by molar-refractivity contribution is 0.301. The van der Waals surface area contributed by atoms with E-state index in [0.717, 1.165) is 17.8 Å². The Kier molecular flexibility index (Phi) is 3.65. The molecule has 2 fully saturated rings. The Hall–Kier alpha value is -0.123. The van der Waals surface area contributed by atoms with Crippen LogP contribution in [0.4, 0.5) is 0 Å². The molecule has 1 saturated heterocycles. The molecule has 0 aromatic carbocycles. The van der Waals surface area contributed by atoms with Crippen molar-refractivity contribution in [3.8, 4) is 0 Å². The third-order valence-electron chi connectivity index (χ3n) is 5.43. The predicted molar refractivity (Wildman–Crippen MR) is 80.2 cm³/mol. The summed E-state index contributed by atoms with van der Waals surface area (Å²) in [5.41, 5.74) is 0. The number of hydrogen-bond donors (Lipinski definition) is 1. The third-order valence-corrected chi connectivity index (χ3v) is 9.12. The van der Waals surface area contributed by atoms with Gasteiger partial charge >= 0.3 is 0 Å². The summed E-state index contributed by atoms with van der Waals surface area (Å²) in [5.74, 6) is 2.81. The van der Waals surface area contributed by atoms with Crippen LogP contribution >= 0.6 is 0 Å². The molecule has 1 N–H and O–H groups in total. The van der Waals surface area contributed by atoms with Crippen molar-refractivity contribution in [2.75, 3.05) is 26.2 Å². The quantitative estimate of drug-likeness (QED) is 0.609. The van der Waals surface area contributed by atoms with Crippen LogP contribution in [0.1, 0.15) is 19.3 Å². The summed E-state index contributed by atoms with van der Waals surface area (Å²) in [4.78, 5) is 0. The molecule has 3 atom stereocenters. The van der Waals surface area contributed by atoms with Crippen molar-refractivity contribution < 1.29 is 0 Å². The highest BCUT2D eigenvalue weighted by Crippen LogP contribution is 2.44. The molecule has 1 aliphatic heterocycles. The smallest absolute Gasteiger partial charge is 0.122 e. The van der Waals surface area contributed by atoms with Crippen LogP contribution in [-0.4, -0.2) is 39.0 Å². The number of rotatable bonds is 2. The minimum Gasteiger partial charge on any atom is -0.322 e. The average Bonchev–Trinajstić information content (AvgIpc) is 2.91. The van der Waals surface area contributed by atoms with Gasteiger partial charge in [0.25, 0.3) is 0 Å². The molecule has 0 aromatic heterocycles. The Labute approximate surface area is 113 Å². The van der Waals surface area contributed by atoms with Crippen LogP contribution in [0.25, 0.3) is 0 Å². The average molecular weight is 264 g/mol. The van der Waals surface area contributed by atoms with Gasteiger partial charge in [-0.05, 0) is 56.1 Å². The molecule has 0 amide bonds. The van der Waals surface area contributed by atoms with Crippen molar-refractivity contribution in [2.24, 2.45) is 17.8 Å². The molecule has 0 radical (unpaired) electrons. The van der Waals surface area contributed by atoms with Crippen molar-refractivity contribution in [2.45, 2.75) is 38.4 Å². The van der Waals surface area contributed by atoms with Crippen LogP contribution in [0, 0.1) is 17.8 Å². The number of hydrogen-bond acceptors (Lipinski definition) is 2. The van der Waals surface area contributed by atoms with Gasteiger partial charge in [-0.25, -0.2) is 0 Å². The third kappa shape index (κ3) is 2.58. The van der Waals surface area contributed by atoms with Crippen molar-refractivity contribution in [1.29, 1.82) is 0 Å². The van der Waals surface area contributed by atoms with Gasteiger partial charge < -0.3 is 9.88 Å². The molecule has 2 bridgehead atoms. The minimum absolute atomic E-state index is 0.915. The van der Waals surface area contributed by atoms with E-state index in [4.69, 9.17) is 0 Å². The molecular formula is C15H28N2Si. The van der Waals surface area contributed by atoms with E-state index in [9.17, 15) is 0 Å². The molecule has 1 saturated carbocycles. The zero-order chi connectivity index (χ0) is 12.6. The van der Waals surface area contributed by atoms with E-state index in [1.807, 2.05) is 0 Å². The van der Waals surface area contributed by atoms with Crippen LogP contribution in [-0.2, 0) is 0 Å². The van der Waals surface area contributed by atoms with Gasteiger partial charge in [0.2, 0.25) is 0 Å². The number of fused-ring (bicyclic) bond motifs is 2. The highest BCUT2D eigenvalue weighted by molar-refractivity contribution is 6.74. The number of allylic oxidation sites excluding steroid dienone is 2. The zero-order valence-electron chi connectivity index (χ0n) is 12.0. The van der Waals surface area contributed by atoms with E-state index in [2.05, 4.69) is 35.1 Å². The van der Waals surface area contributed by atoms with Gasteiger partial charge in [0, 0.05) is 13.1 Å². The standard InChI is InChI=1S/C15H28N2Si/c1-18(2)9-3-6-16-7-8-17(18)12-15-11-13-4-5-14(15)10-13/h4-5,13-16H,3,6-12H2,1-2H3. The summed E-state index contributed by atoms with van der Waals surface area (Å²) in [6.07, 6.45) is 9.29. The topological polar surface area (TPSA) is 15.3 Å². The number of nitrogens with zero attached hydrogens (tertiary/aromatic N) is 1. The summed E-state index contributed by atoms with van der Waals surface area (Å²) >= 11 is 0. The summed E-state index contributed by atoms with van der Waals surface area (Å²) < 4.78 is 2.90. The van der Waals surface area contributed by atoms with Gasteiger partial charge in [-0.2, -0.15) is 0 Å².